The highest BCUT2D eigenvalue weighted by molar-refractivity contribution is 7.98. The number of ether oxygens (including phenoxy) is 1. The van der Waals surface area contributed by atoms with Crippen molar-refractivity contribution in [2.45, 2.75) is 43.0 Å². The number of hydrogen-bond donors (Lipinski definition) is 2. The van der Waals surface area contributed by atoms with Crippen molar-refractivity contribution in [3.05, 3.63) is 97.0 Å². The average Bonchev–Trinajstić information content (AvgIpc) is 2.87. The monoisotopic (exact) mass is 504 g/mol. The Hall–Kier alpha value is -3.92. The Bertz CT molecular complexity index is 1410. The Balaban J connectivity index is 1.48. The number of carbonyl (C=O) groups excluding carboxylic acids is 1. The lowest BCUT2D eigenvalue weighted by Crippen LogP contribution is -2.32. The number of allylic oxidation sites excluding steroid dienone is 2. The smallest absolute Gasteiger partial charge is 0.269 e. The number of carbonyl (C=O) groups is 1. The summed E-state index contributed by atoms with van der Waals surface area (Å²) >= 11 is 1.33. The molecular formula is C26H24N4O5S. The largest absolute Gasteiger partial charge is 0.494 e. The molecule has 0 bridgehead atoms. The number of hydrogen-bond acceptors (Lipinski definition) is 8. The van der Waals surface area contributed by atoms with Crippen LogP contribution < -0.4 is 15.6 Å². The SMILES string of the molecule is CCOc1ccc([C@H]2C3=C(CCCC3=O)Nc3nc(SCc4ccc([N+](=O)[O-])cc4)[nH]c(=O)c32)cc1. The van der Waals surface area contributed by atoms with Crippen molar-refractivity contribution in [1.29, 1.82) is 0 Å². The molecule has 2 aliphatic rings. The van der Waals surface area contributed by atoms with E-state index in [1.165, 1.54) is 23.9 Å². The first kappa shape index (κ1) is 23.8. The van der Waals surface area contributed by atoms with Gasteiger partial charge in [-0.1, -0.05) is 36.0 Å². The number of ketones is 1. The average molecular weight is 505 g/mol. The van der Waals surface area contributed by atoms with Crippen molar-refractivity contribution < 1.29 is 14.5 Å². The zero-order valence-electron chi connectivity index (χ0n) is 19.6. The molecule has 5 rings (SSSR count). The van der Waals surface area contributed by atoms with Crippen molar-refractivity contribution >= 4 is 29.1 Å². The molecule has 10 heteroatoms. The number of nitrogens with one attached hydrogen (secondary N) is 2. The number of Topliss-reactive ketones (excluding diaryl/α,β-unsaturated/α-hetero) is 1. The van der Waals surface area contributed by atoms with E-state index >= 15 is 0 Å². The van der Waals surface area contributed by atoms with Crippen LogP contribution in [-0.4, -0.2) is 27.3 Å². The highest BCUT2D eigenvalue weighted by atomic mass is 32.2. The number of benzene rings is 2. The van der Waals surface area contributed by atoms with Gasteiger partial charge in [0.1, 0.15) is 11.6 Å². The van der Waals surface area contributed by atoms with Crippen molar-refractivity contribution in [2.75, 3.05) is 11.9 Å². The number of H-pyrrole nitrogens is 1. The molecule has 0 saturated heterocycles. The summed E-state index contributed by atoms with van der Waals surface area (Å²) < 4.78 is 5.56. The third-order valence-corrected chi connectivity index (χ3v) is 7.23. The van der Waals surface area contributed by atoms with Crippen LogP contribution >= 0.6 is 11.8 Å². The normalized spacial score (nSPS) is 16.7. The van der Waals surface area contributed by atoms with Crippen LogP contribution in [0, 0.1) is 10.1 Å². The molecular weight excluding hydrogens is 480 g/mol. The van der Waals surface area contributed by atoms with E-state index in [1.54, 1.807) is 12.1 Å². The molecule has 1 aliphatic carbocycles. The van der Waals surface area contributed by atoms with Crippen LogP contribution in [0.1, 0.15) is 48.8 Å². The molecule has 184 valence electrons. The van der Waals surface area contributed by atoms with E-state index in [2.05, 4.69) is 10.3 Å². The third-order valence-electron chi connectivity index (χ3n) is 6.28. The predicted molar refractivity (Wildman–Crippen MR) is 136 cm³/mol. The van der Waals surface area contributed by atoms with Gasteiger partial charge >= 0.3 is 0 Å². The van der Waals surface area contributed by atoms with E-state index in [9.17, 15) is 19.7 Å². The van der Waals surface area contributed by atoms with Crippen LogP contribution in [0.2, 0.25) is 0 Å². The van der Waals surface area contributed by atoms with Gasteiger partial charge < -0.3 is 15.0 Å². The number of non-ortho nitro benzene ring substituents is 1. The summed E-state index contributed by atoms with van der Waals surface area (Å²) in [5.41, 5.74) is 3.31. The van der Waals surface area contributed by atoms with Crippen LogP contribution in [0.15, 0.2) is 69.8 Å². The van der Waals surface area contributed by atoms with Gasteiger partial charge in [0.05, 0.1) is 17.1 Å². The predicted octanol–water partition coefficient (Wildman–Crippen LogP) is 4.93. The topological polar surface area (TPSA) is 127 Å². The van der Waals surface area contributed by atoms with Crippen molar-refractivity contribution in [2.24, 2.45) is 0 Å². The lowest BCUT2D eigenvalue weighted by molar-refractivity contribution is -0.384. The number of anilines is 1. The second-order valence-electron chi connectivity index (χ2n) is 8.57. The summed E-state index contributed by atoms with van der Waals surface area (Å²) in [5.74, 6) is 1.20. The highest BCUT2D eigenvalue weighted by Gasteiger charge is 2.37. The molecule has 2 heterocycles. The maximum absolute atomic E-state index is 13.4. The Morgan fingerprint density at radius 3 is 2.56 bits per heavy atom. The zero-order chi connectivity index (χ0) is 25.2. The molecule has 0 fully saturated rings. The van der Waals surface area contributed by atoms with E-state index in [0.717, 1.165) is 29.0 Å². The Morgan fingerprint density at radius 1 is 1.11 bits per heavy atom. The number of thioether (sulfide) groups is 1. The molecule has 2 aromatic carbocycles. The minimum atomic E-state index is -0.510. The fourth-order valence-corrected chi connectivity index (χ4v) is 5.45. The second-order valence-corrected chi connectivity index (χ2v) is 9.54. The number of nitro groups is 1. The van der Waals surface area contributed by atoms with Gasteiger partial charge in [-0.25, -0.2) is 4.98 Å². The van der Waals surface area contributed by atoms with Crippen molar-refractivity contribution in [1.82, 2.24) is 9.97 Å². The third kappa shape index (κ3) is 4.64. The van der Waals surface area contributed by atoms with Crippen LogP contribution in [0.5, 0.6) is 5.75 Å². The fourth-order valence-electron chi connectivity index (χ4n) is 4.63. The molecule has 9 nitrogen and oxygen atoms in total. The second kappa shape index (κ2) is 9.98. The maximum atomic E-state index is 13.4. The maximum Gasteiger partial charge on any atom is 0.269 e. The summed E-state index contributed by atoms with van der Waals surface area (Å²) in [6.07, 6.45) is 1.92. The van der Waals surface area contributed by atoms with Gasteiger partial charge in [0.2, 0.25) is 0 Å². The van der Waals surface area contributed by atoms with Crippen molar-refractivity contribution in [3.8, 4) is 5.75 Å². The summed E-state index contributed by atoms with van der Waals surface area (Å²) in [6.45, 7) is 2.46. The molecule has 0 radical (unpaired) electrons. The Morgan fingerprint density at radius 2 is 1.86 bits per heavy atom. The van der Waals surface area contributed by atoms with Crippen LogP contribution in [-0.2, 0) is 10.5 Å². The first-order valence-electron chi connectivity index (χ1n) is 11.7. The summed E-state index contributed by atoms with van der Waals surface area (Å²) in [4.78, 5) is 44.4. The number of nitro benzene ring substituents is 1. The van der Waals surface area contributed by atoms with Gasteiger partial charge in [-0.15, -0.1) is 0 Å². The summed E-state index contributed by atoms with van der Waals surface area (Å²) in [5, 5.41) is 14.6. The minimum absolute atomic E-state index is 0.0275. The van der Waals surface area contributed by atoms with Gasteiger partial charge in [-0.2, -0.15) is 0 Å². The van der Waals surface area contributed by atoms with E-state index in [0.29, 0.717) is 47.3 Å². The number of aromatic amines is 1. The lowest BCUT2D eigenvalue weighted by Gasteiger charge is -2.32. The van der Waals surface area contributed by atoms with Crippen LogP contribution in [0.3, 0.4) is 0 Å². The van der Waals surface area contributed by atoms with Crippen LogP contribution in [0.25, 0.3) is 0 Å². The molecule has 3 aromatic rings. The van der Waals surface area contributed by atoms with Gasteiger partial charge in [0.15, 0.2) is 10.9 Å². The zero-order valence-corrected chi connectivity index (χ0v) is 20.4. The van der Waals surface area contributed by atoms with E-state index in [4.69, 9.17) is 9.72 Å². The molecule has 1 aliphatic heterocycles. The molecule has 0 spiro atoms. The van der Waals surface area contributed by atoms with Crippen LogP contribution in [0.4, 0.5) is 11.5 Å². The first-order chi connectivity index (χ1) is 17.4. The molecule has 0 amide bonds. The van der Waals surface area contributed by atoms with Gasteiger partial charge in [-0.3, -0.25) is 19.7 Å². The standard InChI is InChI=1S/C26H24N4O5S/c1-2-35-18-12-8-16(9-13-18)21-22-19(4-3-5-20(22)31)27-24-23(21)25(32)29-26(28-24)36-14-15-6-10-17(11-7-15)30(33)34/h6-13,21H,2-5,14H2,1H3,(H2,27,28,29,32)/t21-/m0/s1. The molecule has 0 unspecified atom stereocenters. The summed E-state index contributed by atoms with van der Waals surface area (Å²) in [6, 6.07) is 13.8. The van der Waals surface area contributed by atoms with E-state index < -0.39 is 10.8 Å². The number of fused-ring (bicyclic) bond motifs is 1. The van der Waals surface area contributed by atoms with Crippen molar-refractivity contribution in [3.63, 3.8) is 0 Å². The summed E-state index contributed by atoms with van der Waals surface area (Å²) in [7, 11) is 0. The Kier molecular flexibility index (Phi) is 6.60. The number of aromatic nitrogens is 2. The molecule has 2 N–H and O–H groups in total. The first-order valence-corrected chi connectivity index (χ1v) is 12.7. The van der Waals surface area contributed by atoms with E-state index in [1.807, 2.05) is 31.2 Å². The number of nitrogens with zero attached hydrogens (tertiary/aromatic N) is 2. The van der Waals surface area contributed by atoms with Gasteiger partial charge in [0.25, 0.3) is 11.2 Å². The van der Waals surface area contributed by atoms with Gasteiger partial charge in [0, 0.05) is 41.5 Å². The molecule has 1 aromatic heterocycles. The lowest BCUT2D eigenvalue weighted by atomic mass is 9.76. The fraction of sp³-hybridized carbons (Fsp3) is 0.269. The molecule has 0 saturated carbocycles. The molecule has 36 heavy (non-hydrogen) atoms. The molecule has 1 atom stereocenters. The van der Waals surface area contributed by atoms with E-state index in [-0.39, 0.29) is 17.0 Å². The van der Waals surface area contributed by atoms with Gasteiger partial charge in [-0.05, 0) is 43.0 Å². The quantitative estimate of drug-likeness (QED) is 0.201. The highest BCUT2D eigenvalue weighted by Crippen LogP contribution is 2.43. The Labute approximate surface area is 211 Å². The number of rotatable bonds is 7. The minimum Gasteiger partial charge on any atom is -0.494 e.